The molecule has 0 N–H and O–H groups in total. The largest absolute Gasteiger partial charge is 1.00 e. The summed E-state index contributed by atoms with van der Waals surface area (Å²) in [5.41, 5.74) is 0. The molecule has 0 spiro atoms. The van der Waals surface area contributed by atoms with Gasteiger partial charge in [0.2, 0.25) is 0 Å². The minimum Gasteiger partial charge on any atom is -1.00 e. The highest BCUT2D eigenvalue weighted by atomic mass is 35.5. The molecule has 3 heteroatoms. The summed E-state index contributed by atoms with van der Waals surface area (Å²) >= 11 is 5.70. The summed E-state index contributed by atoms with van der Waals surface area (Å²) in [5, 5.41) is 0. The molecule has 0 saturated carbocycles. The van der Waals surface area contributed by atoms with Crippen molar-refractivity contribution in [3.05, 3.63) is 12.7 Å². The molecule has 0 rings (SSSR count). The predicted molar refractivity (Wildman–Crippen MR) is 33.0 cm³/mol. The Hall–Kier alpha value is 0.280. The molecule has 0 unspecified atom stereocenters. The molecule has 0 fully saturated rings. The number of hydrogen-bond donors (Lipinski definition) is 0. The molecule has 0 atom stereocenters. The molecule has 0 aliphatic rings. The van der Waals surface area contributed by atoms with Crippen LogP contribution in [-0.2, 0) is 0 Å². The molecular weight excluding hydrogens is 145 g/mol. The Morgan fingerprint density at radius 1 is 1.62 bits per heavy atom. The second kappa shape index (κ2) is 4.19. The van der Waals surface area contributed by atoms with E-state index in [1.165, 1.54) is 0 Å². The second-order valence-corrected chi connectivity index (χ2v) is 2.92. The number of hydrogen-bond acceptors (Lipinski definition) is 0. The predicted octanol–water partition coefficient (Wildman–Crippen LogP) is -1.59. The fourth-order valence-electron chi connectivity index (χ4n) is 0.307. The lowest BCUT2D eigenvalue weighted by atomic mass is 10.6. The maximum Gasteiger partial charge on any atom is 0.165 e. The average Bonchev–Trinajstić information content (AvgIpc) is 1.30. The Kier molecular flexibility index (Phi) is 5.82. The summed E-state index contributed by atoms with van der Waals surface area (Å²) in [4.78, 5) is 0. The van der Waals surface area contributed by atoms with Gasteiger partial charge in [-0.15, -0.1) is 0 Å². The highest BCUT2D eigenvalue weighted by Crippen LogP contribution is 1.99. The van der Waals surface area contributed by atoms with Crippen molar-refractivity contribution in [1.82, 2.24) is 0 Å². The van der Waals surface area contributed by atoms with E-state index in [2.05, 4.69) is 6.58 Å². The maximum absolute atomic E-state index is 5.70. The summed E-state index contributed by atoms with van der Waals surface area (Å²) in [6, 6.07) is 0. The van der Waals surface area contributed by atoms with Crippen LogP contribution in [0.5, 0.6) is 0 Å². The molecule has 1 nitrogen and oxygen atoms in total. The summed E-state index contributed by atoms with van der Waals surface area (Å²) in [7, 11) is 3.81. The van der Waals surface area contributed by atoms with Crippen molar-refractivity contribution < 1.29 is 16.4 Å². The molecule has 0 heterocycles. The maximum atomic E-state index is 5.70. The van der Waals surface area contributed by atoms with Crippen LogP contribution >= 0.6 is 11.8 Å². The van der Waals surface area contributed by atoms with E-state index in [4.69, 9.17) is 11.8 Å². The van der Waals surface area contributed by atoms with Gasteiger partial charge in [-0.25, -0.2) is 4.00 Å². The van der Waals surface area contributed by atoms with Crippen molar-refractivity contribution in [1.29, 1.82) is 0 Å². The van der Waals surface area contributed by atoms with E-state index in [0.29, 0.717) is 4.00 Å². The molecule has 0 aliphatic heterocycles. The first-order valence-electron chi connectivity index (χ1n) is 2.20. The topological polar surface area (TPSA) is 0 Å². The van der Waals surface area contributed by atoms with Crippen LogP contribution in [0.3, 0.4) is 0 Å². The van der Waals surface area contributed by atoms with Gasteiger partial charge in [0.1, 0.15) is 6.54 Å². The van der Waals surface area contributed by atoms with Crippen molar-refractivity contribution in [3.63, 3.8) is 0 Å². The summed E-state index contributed by atoms with van der Waals surface area (Å²) < 4.78 is 0.448. The van der Waals surface area contributed by atoms with Gasteiger partial charge in [0.05, 0.1) is 14.1 Å². The Bertz CT molecular complexity index is 65.3. The van der Waals surface area contributed by atoms with Crippen molar-refractivity contribution >= 4 is 11.8 Å². The zero-order valence-electron chi connectivity index (χ0n) is 5.19. The minimum absolute atomic E-state index is 0. The first kappa shape index (κ1) is 11.1. The highest BCUT2D eigenvalue weighted by molar-refractivity contribution is 6.06. The van der Waals surface area contributed by atoms with E-state index in [1.807, 2.05) is 14.1 Å². The number of nitrogens with zero attached hydrogens (tertiary/aromatic N) is 1. The average molecular weight is 156 g/mol. The van der Waals surface area contributed by atoms with Crippen LogP contribution in [0.1, 0.15) is 0 Å². The second-order valence-electron chi connectivity index (χ2n) is 2.01. The van der Waals surface area contributed by atoms with E-state index >= 15 is 0 Å². The van der Waals surface area contributed by atoms with Crippen LogP contribution in [0, 0.1) is 0 Å². The van der Waals surface area contributed by atoms with E-state index in [0.717, 1.165) is 6.54 Å². The van der Waals surface area contributed by atoms with E-state index in [1.54, 1.807) is 6.08 Å². The number of halogens is 2. The lowest BCUT2D eigenvalue weighted by Crippen LogP contribution is -3.00. The van der Waals surface area contributed by atoms with Crippen molar-refractivity contribution in [2.75, 3.05) is 20.6 Å². The van der Waals surface area contributed by atoms with Gasteiger partial charge >= 0.3 is 0 Å². The van der Waals surface area contributed by atoms with Crippen LogP contribution in [0.2, 0.25) is 0 Å². The first-order valence-corrected chi connectivity index (χ1v) is 2.53. The van der Waals surface area contributed by atoms with Crippen molar-refractivity contribution in [3.8, 4) is 0 Å². The number of quaternary nitrogens is 1. The summed E-state index contributed by atoms with van der Waals surface area (Å²) in [6.45, 7) is 4.35. The molecule has 50 valence electrons. The van der Waals surface area contributed by atoms with Gasteiger partial charge in [0, 0.05) is 0 Å². The lowest BCUT2D eigenvalue weighted by molar-refractivity contribution is -0.764. The van der Waals surface area contributed by atoms with Crippen LogP contribution in [-0.4, -0.2) is 24.6 Å². The summed E-state index contributed by atoms with van der Waals surface area (Å²) in [6.07, 6.45) is 1.80. The number of rotatable bonds is 2. The van der Waals surface area contributed by atoms with Crippen LogP contribution in [0.15, 0.2) is 12.7 Å². The molecule has 0 aromatic rings. The fraction of sp³-hybridized carbons (Fsp3) is 0.600. The monoisotopic (exact) mass is 155 g/mol. The lowest BCUT2D eigenvalue weighted by Gasteiger charge is -2.14. The molecule has 0 amide bonds. The Morgan fingerprint density at radius 2 is 2.00 bits per heavy atom. The molecule has 0 bridgehead atoms. The summed E-state index contributed by atoms with van der Waals surface area (Å²) in [5.74, 6) is 0. The third-order valence-corrected chi connectivity index (χ3v) is 0.701. The molecular formula is C5H11Cl2N. The van der Waals surface area contributed by atoms with Crippen LogP contribution < -0.4 is 12.4 Å². The zero-order chi connectivity index (χ0) is 5.91. The van der Waals surface area contributed by atoms with E-state index < -0.39 is 0 Å². The van der Waals surface area contributed by atoms with Crippen molar-refractivity contribution in [2.45, 2.75) is 0 Å². The standard InChI is InChI=1S/C5H11ClN.ClH/c1-4-5-7(2,3)6;/h4H,1,5H2,2-3H3;1H/q+1;/p-1. The van der Waals surface area contributed by atoms with E-state index in [9.17, 15) is 0 Å². The zero-order valence-corrected chi connectivity index (χ0v) is 6.71. The SMILES string of the molecule is C=CC[N+](C)(C)Cl.[Cl-]. The normalized spacial score (nSPS) is 9.88. The van der Waals surface area contributed by atoms with Gasteiger partial charge in [-0.2, -0.15) is 0 Å². The molecule has 0 aliphatic carbocycles. The Labute approximate surface area is 62.0 Å². The van der Waals surface area contributed by atoms with Gasteiger partial charge in [-0.1, -0.05) is 6.58 Å². The Balaban J connectivity index is 0. The third kappa shape index (κ3) is 9.56. The molecule has 0 radical (unpaired) electrons. The van der Waals surface area contributed by atoms with Gasteiger partial charge in [0.25, 0.3) is 0 Å². The smallest absolute Gasteiger partial charge is 0.165 e. The quantitative estimate of drug-likeness (QED) is 0.334. The van der Waals surface area contributed by atoms with Crippen LogP contribution in [0.25, 0.3) is 0 Å². The van der Waals surface area contributed by atoms with Crippen molar-refractivity contribution in [2.24, 2.45) is 0 Å². The molecule has 0 aromatic heterocycles. The third-order valence-electron chi connectivity index (χ3n) is 0.563. The first-order chi connectivity index (χ1) is 3.06. The minimum atomic E-state index is 0. The molecule has 0 aromatic carbocycles. The molecule has 8 heavy (non-hydrogen) atoms. The molecule has 0 saturated heterocycles. The number of likely N-dealkylation sites (N-methyl/N-ethyl adjacent to an activating group) is 1. The van der Waals surface area contributed by atoms with Gasteiger partial charge in [-0.3, -0.25) is 0 Å². The van der Waals surface area contributed by atoms with Gasteiger partial charge < -0.3 is 12.4 Å². The van der Waals surface area contributed by atoms with Gasteiger partial charge in [-0.05, 0) is 6.08 Å². The highest BCUT2D eigenvalue weighted by Gasteiger charge is 2.05. The van der Waals surface area contributed by atoms with Crippen LogP contribution in [0.4, 0.5) is 0 Å². The van der Waals surface area contributed by atoms with E-state index in [-0.39, 0.29) is 12.4 Å². The Morgan fingerprint density at radius 3 is 2.00 bits per heavy atom. The fourth-order valence-corrected chi connectivity index (χ4v) is 0.405. The van der Waals surface area contributed by atoms with Gasteiger partial charge in [0.15, 0.2) is 11.8 Å².